The number of anilines is 1. The SMILES string of the molecule is O=C(N1CCC(O)(CN2CCN(c3ccccc3)CC2)C1)C1(c2cccc(F)c2)CCOCC1. The third-order valence-corrected chi connectivity index (χ3v) is 7.76. The van der Waals surface area contributed by atoms with Crippen LogP contribution < -0.4 is 4.90 Å². The molecular formula is C27H34FN3O3. The first-order chi connectivity index (χ1) is 16.5. The Balaban J connectivity index is 1.23. The zero-order chi connectivity index (χ0) is 23.6. The minimum atomic E-state index is -0.918. The summed E-state index contributed by atoms with van der Waals surface area (Å²) in [7, 11) is 0. The van der Waals surface area contributed by atoms with Crippen molar-refractivity contribution in [2.45, 2.75) is 30.3 Å². The summed E-state index contributed by atoms with van der Waals surface area (Å²) in [5.41, 5.74) is 0.247. The lowest BCUT2D eigenvalue weighted by Crippen LogP contribution is -2.54. The van der Waals surface area contributed by atoms with Crippen LogP contribution >= 0.6 is 0 Å². The predicted octanol–water partition coefficient (Wildman–Crippen LogP) is 2.66. The number of carbonyl (C=O) groups is 1. The monoisotopic (exact) mass is 467 g/mol. The van der Waals surface area contributed by atoms with Crippen LogP contribution in [0.25, 0.3) is 0 Å². The highest BCUT2D eigenvalue weighted by molar-refractivity contribution is 5.88. The van der Waals surface area contributed by atoms with Gasteiger partial charge < -0.3 is 19.6 Å². The van der Waals surface area contributed by atoms with Gasteiger partial charge in [-0.1, -0.05) is 30.3 Å². The van der Waals surface area contributed by atoms with Crippen molar-refractivity contribution in [3.05, 3.63) is 66.0 Å². The van der Waals surface area contributed by atoms with E-state index in [1.807, 2.05) is 12.1 Å². The van der Waals surface area contributed by atoms with Crippen molar-refractivity contribution in [3.63, 3.8) is 0 Å². The van der Waals surface area contributed by atoms with Crippen molar-refractivity contribution in [1.82, 2.24) is 9.80 Å². The molecule has 182 valence electrons. The van der Waals surface area contributed by atoms with Crippen LogP contribution in [0.5, 0.6) is 0 Å². The Kier molecular flexibility index (Phi) is 6.60. The Morgan fingerprint density at radius 2 is 1.68 bits per heavy atom. The van der Waals surface area contributed by atoms with Crippen LogP contribution in [0.4, 0.5) is 10.1 Å². The first kappa shape index (κ1) is 23.3. The van der Waals surface area contributed by atoms with Gasteiger partial charge in [-0.2, -0.15) is 0 Å². The first-order valence-corrected chi connectivity index (χ1v) is 12.4. The molecule has 3 fully saturated rings. The Hall–Kier alpha value is -2.48. The quantitative estimate of drug-likeness (QED) is 0.733. The second kappa shape index (κ2) is 9.64. The van der Waals surface area contributed by atoms with Gasteiger partial charge in [-0.05, 0) is 49.1 Å². The predicted molar refractivity (Wildman–Crippen MR) is 129 cm³/mol. The zero-order valence-electron chi connectivity index (χ0n) is 19.7. The fourth-order valence-electron chi connectivity index (χ4n) is 5.81. The maximum absolute atomic E-state index is 14.0. The standard InChI is InChI=1S/C27H34FN3O3/c28-23-6-4-5-22(19-23)27(10-17-34-18-11-27)25(32)31-12-9-26(33,21-31)20-29-13-15-30(16-14-29)24-7-2-1-3-8-24/h1-8,19,33H,9-18,20-21H2. The Labute approximate surface area is 200 Å². The van der Waals surface area contributed by atoms with E-state index in [4.69, 9.17) is 4.74 Å². The highest BCUT2D eigenvalue weighted by Crippen LogP contribution is 2.39. The summed E-state index contributed by atoms with van der Waals surface area (Å²) in [6, 6.07) is 16.8. The topological polar surface area (TPSA) is 56.3 Å². The molecule has 0 aromatic heterocycles. The number of para-hydroxylation sites is 1. The summed E-state index contributed by atoms with van der Waals surface area (Å²) < 4.78 is 19.6. The molecule has 0 radical (unpaired) electrons. The van der Waals surface area contributed by atoms with Gasteiger partial charge in [-0.3, -0.25) is 9.69 Å². The summed E-state index contributed by atoms with van der Waals surface area (Å²) in [6.45, 7) is 5.98. The van der Waals surface area contributed by atoms with Gasteiger partial charge in [0.05, 0.1) is 17.6 Å². The molecule has 0 spiro atoms. The van der Waals surface area contributed by atoms with Crippen molar-refractivity contribution in [3.8, 4) is 0 Å². The normalized spacial score (nSPS) is 25.5. The molecule has 5 rings (SSSR count). The lowest BCUT2D eigenvalue weighted by Gasteiger charge is -2.40. The molecule has 1 atom stereocenters. The van der Waals surface area contributed by atoms with Crippen LogP contribution in [0.2, 0.25) is 0 Å². The van der Waals surface area contributed by atoms with E-state index in [1.54, 1.807) is 11.0 Å². The molecule has 7 heteroatoms. The summed E-state index contributed by atoms with van der Waals surface area (Å²) in [4.78, 5) is 20.3. The zero-order valence-corrected chi connectivity index (χ0v) is 19.7. The van der Waals surface area contributed by atoms with E-state index < -0.39 is 11.0 Å². The van der Waals surface area contributed by atoms with Crippen molar-refractivity contribution < 1.29 is 19.0 Å². The highest BCUT2D eigenvalue weighted by atomic mass is 19.1. The second-order valence-corrected chi connectivity index (χ2v) is 10.0. The minimum Gasteiger partial charge on any atom is -0.387 e. The van der Waals surface area contributed by atoms with Crippen LogP contribution in [-0.2, 0) is 14.9 Å². The number of rotatable bonds is 5. The number of likely N-dealkylation sites (tertiary alicyclic amines) is 1. The number of amides is 1. The lowest BCUT2D eigenvalue weighted by atomic mass is 9.73. The molecule has 6 nitrogen and oxygen atoms in total. The maximum Gasteiger partial charge on any atom is 0.233 e. The molecular weight excluding hydrogens is 433 g/mol. The number of ether oxygens (including phenoxy) is 1. The van der Waals surface area contributed by atoms with E-state index in [2.05, 4.69) is 34.1 Å². The summed E-state index contributed by atoms with van der Waals surface area (Å²) in [6.07, 6.45) is 1.63. The van der Waals surface area contributed by atoms with Gasteiger partial charge >= 0.3 is 0 Å². The van der Waals surface area contributed by atoms with Gasteiger partial charge in [0, 0.05) is 58.2 Å². The molecule has 1 amide bonds. The van der Waals surface area contributed by atoms with E-state index in [9.17, 15) is 14.3 Å². The van der Waals surface area contributed by atoms with Crippen molar-refractivity contribution in [1.29, 1.82) is 0 Å². The fraction of sp³-hybridized carbons (Fsp3) is 0.519. The van der Waals surface area contributed by atoms with E-state index in [0.717, 1.165) is 26.2 Å². The summed E-state index contributed by atoms with van der Waals surface area (Å²) >= 11 is 0. The summed E-state index contributed by atoms with van der Waals surface area (Å²) in [5, 5.41) is 11.4. The molecule has 3 aliphatic heterocycles. The minimum absolute atomic E-state index is 0.00813. The van der Waals surface area contributed by atoms with Crippen LogP contribution in [0.3, 0.4) is 0 Å². The maximum atomic E-state index is 14.0. The summed E-state index contributed by atoms with van der Waals surface area (Å²) in [5.74, 6) is -0.338. The average molecular weight is 468 g/mol. The van der Waals surface area contributed by atoms with Gasteiger partial charge in [-0.25, -0.2) is 4.39 Å². The lowest BCUT2D eigenvalue weighted by molar-refractivity contribution is -0.141. The first-order valence-electron chi connectivity index (χ1n) is 12.4. The Morgan fingerprint density at radius 3 is 2.38 bits per heavy atom. The number of carbonyl (C=O) groups excluding carboxylic acids is 1. The van der Waals surface area contributed by atoms with E-state index >= 15 is 0 Å². The molecule has 3 heterocycles. The number of hydrogen-bond donors (Lipinski definition) is 1. The van der Waals surface area contributed by atoms with Crippen molar-refractivity contribution in [2.24, 2.45) is 0 Å². The van der Waals surface area contributed by atoms with E-state index in [1.165, 1.54) is 17.8 Å². The second-order valence-electron chi connectivity index (χ2n) is 10.0. The largest absolute Gasteiger partial charge is 0.387 e. The number of piperazine rings is 1. The Bertz CT molecular complexity index is 990. The van der Waals surface area contributed by atoms with Gasteiger partial charge in [0.1, 0.15) is 5.82 Å². The van der Waals surface area contributed by atoms with Crippen molar-refractivity contribution in [2.75, 3.05) is 63.9 Å². The van der Waals surface area contributed by atoms with Gasteiger partial charge in [0.2, 0.25) is 5.91 Å². The van der Waals surface area contributed by atoms with Gasteiger partial charge in [0.25, 0.3) is 0 Å². The molecule has 1 unspecified atom stereocenters. The van der Waals surface area contributed by atoms with Crippen LogP contribution in [-0.4, -0.2) is 85.4 Å². The molecule has 3 aliphatic rings. The fourth-order valence-corrected chi connectivity index (χ4v) is 5.81. The highest BCUT2D eigenvalue weighted by Gasteiger charge is 2.48. The number of nitrogens with zero attached hydrogens (tertiary/aromatic N) is 3. The number of aliphatic hydroxyl groups is 1. The molecule has 3 saturated heterocycles. The van der Waals surface area contributed by atoms with E-state index in [-0.39, 0.29) is 11.7 Å². The molecule has 0 bridgehead atoms. The number of hydrogen-bond acceptors (Lipinski definition) is 5. The van der Waals surface area contributed by atoms with Gasteiger partial charge in [-0.15, -0.1) is 0 Å². The molecule has 0 aliphatic carbocycles. The average Bonchev–Trinajstić information content (AvgIpc) is 3.26. The van der Waals surface area contributed by atoms with Crippen LogP contribution in [0.15, 0.2) is 54.6 Å². The number of halogens is 1. The van der Waals surface area contributed by atoms with Gasteiger partial charge in [0.15, 0.2) is 0 Å². The molecule has 1 N–H and O–H groups in total. The molecule has 2 aromatic carbocycles. The molecule has 34 heavy (non-hydrogen) atoms. The van der Waals surface area contributed by atoms with Crippen molar-refractivity contribution >= 4 is 11.6 Å². The molecule has 2 aromatic rings. The van der Waals surface area contributed by atoms with Crippen LogP contribution in [0, 0.1) is 5.82 Å². The smallest absolute Gasteiger partial charge is 0.233 e. The van der Waals surface area contributed by atoms with Crippen LogP contribution in [0.1, 0.15) is 24.8 Å². The number of benzene rings is 2. The third-order valence-electron chi connectivity index (χ3n) is 7.76. The molecule has 0 saturated carbocycles. The third kappa shape index (κ3) is 4.69. The van der Waals surface area contributed by atoms with E-state index in [0.29, 0.717) is 57.7 Å². The number of β-amino-alcohol motifs (C(OH)–C–C–N with tert-alkyl or cyclic N) is 1. The Morgan fingerprint density at radius 1 is 0.941 bits per heavy atom.